The SMILES string of the molecule is COCC(=O)N[C@@H](CCC(=O)OC)C(=O)OC. The highest BCUT2D eigenvalue weighted by atomic mass is 16.5. The Balaban J connectivity index is 4.28. The Morgan fingerprint density at radius 1 is 1.12 bits per heavy atom. The molecule has 98 valence electrons. The first-order valence-corrected chi connectivity index (χ1v) is 4.98. The molecule has 0 radical (unpaired) electrons. The first kappa shape index (κ1) is 15.4. The summed E-state index contributed by atoms with van der Waals surface area (Å²) in [6, 6.07) is -0.873. The number of rotatable bonds is 7. The van der Waals surface area contributed by atoms with Crippen LogP contribution >= 0.6 is 0 Å². The number of carbonyl (C=O) groups excluding carboxylic acids is 3. The van der Waals surface area contributed by atoms with E-state index in [1.54, 1.807) is 0 Å². The first-order chi connectivity index (χ1) is 8.04. The van der Waals surface area contributed by atoms with Crippen LogP contribution in [0.15, 0.2) is 0 Å². The lowest BCUT2D eigenvalue weighted by Crippen LogP contribution is -2.43. The maximum absolute atomic E-state index is 11.3. The number of amides is 1. The van der Waals surface area contributed by atoms with Gasteiger partial charge in [-0.2, -0.15) is 0 Å². The molecular weight excluding hydrogens is 230 g/mol. The molecular formula is C10H17NO6. The molecule has 0 aliphatic carbocycles. The zero-order chi connectivity index (χ0) is 13.3. The van der Waals surface area contributed by atoms with E-state index < -0.39 is 23.9 Å². The van der Waals surface area contributed by atoms with Gasteiger partial charge in [0.2, 0.25) is 5.91 Å². The summed E-state index contributed by atoms with van der Waals surface area (Å²) in [5.74, 6) is -1.52. The van der Waals surface area contributed by atoms with Crippen LogP contribution in [0.25, 0.3) is 0 Å². The van der Waals surface area contributed by atoms with Crippen molar-refractivity contribution in [1.82, 2.24) is 5.32 Å². The van der Waals surface area contributed by atoms with Gasteiger partial charge in [-0.3, -0.25) is 9.59 Å². The maximum atomic E-state index is 11.3. The topological polar surface area (TPSA) is 90.9 Å². The zero-order valence-electron chi connectivity index (χ0n) is 10.1. The monoisotopic (exact) mass is 247 g/mol. The second kappa shape index (κ2) is 8.51. The van der Waals surface area contributed by atoms with Crippen molar-refractivity contribution in [3.8, 4) is 0 Å². The lowest BCUT2D eigenvalue weighted by Gasteiger charge is -2.15. The molecule has 0 aromatic heterocycles. The van der Waals surface area contributed by atoms with Crippen LogP contribution in [0.2, 0.25) is 0 Å². The van der Waals surface area contributed by atoms with Gasteiger partial charge in [-0.1, -0.05) is 0 Å². The molecule has 0 fully saturated rings. The molecule has 0 heterocycles. The molecule has 0 unspecified atom stereocenters. The molecule has 7 nitrogen and oxygen atoms in total. The predicted octanol–water partition coefficient (Wildman–Crippen LogP) is -0.756. The van der Waals surface area contributed by atoms with E-state index in [2.05, 4.69) is 19.5 Å². The van der Waals surface area contributed by atoms with Gasteiger partial charge in [-0.15, -0.1) is 0 Å². The van der Waals surface area contributed by atoms with Crippen LogP contribution in [0.3, 0.4) is 0 Å². The molecule has 1 N–H and O–H groups in total. The summed E-state index contributed by atoms with van der Waals surface area (Å²) in [5.41, 5.74) is 0. The summed E-state index contributed by atoms with van der Waals surface area (Å²) < 4.78 is 13.6. The van der Waals surface area contributed by atoms with Crippen molar-refractivity contribution in [2.24, 2.45) is 0 Å². The molecule has 1 atom stereocenters. The normalized spacial score (nSPS) is 11.5. The van der Waals surface area contributed by atoms with Crippen LogP contribution < -0.4 is 5.32 Å². The van der Waals surface area contributed by atoms with Gasteiger partial charge in [0.1, 0.15) is 12.6 Å². The molecule has 0 aromatic rings. The Kier molecular flexibility index (Phi) is 7.70. The number of nitrogens with one attached hydrogen (secondary N) is 1. The van der Waals surface area contributed by atoms with Gasteiger partial charge in [0.05, 0.1) is 14.2 Å². The number of hydrogen-bond acceptors (Lipinski definition) is 6. The van der Waals surface area contributed by atoms with Gasteiger partial charge < -0.3 is 19.5 Å². The van der Waals surface area contributed by atoms with E-state index in [1.807, 2.05) is 0 Å². The molecule has 0 saturated heterocycles. The summed E-state index contributed by atoms with van der Waals surface area (Å²) in [4.78, 5) is 33.5. The fourth-order valence-corrected chi connectivity index (χ4v) is 1.12. The van der Waals surface area contributed by atoms with Crippen LogP contribution in [0.4, 0.5) is 0 Å². The number of ether oxygens (including phenoxy) is 3. The van der Waals surface area contributed by atoms with Gasteiger partial charge in [-0.25, -0.2) is 4.79 Å². The van der Waals surface area contributed by atoms with Crippen LogP contribution in [0, 0.1) is 0 Å². The van der Waals surface area contributed by atoms with Gasteiger partial charge in [0, 0.05) is 13.5 Å². The van der Waals surface area contributed by atoms with Crippen LogP contribution in [0.1, 0.15) is 12.8 Å². The Labute approximate surface area is 99.4 Å². The number of methoxy groups -OCH3 is 3. The fourth-order valence-electron chi connectivity index (χ4n) is 1.12. The highest BCUT2D eigenvalue weighted by molar-refractivity contribution is 5.85. The summed E-state index contributed by atoms with van der Waals surface area (Å²) in [6.07, 6.45) is 0.137. The Morgan fingerprint density at radius 2 is 1.76 bits per heavy atom. The van der Waals surface area contributed by atoms with Gasteiger partial charge in [0.25, 0.3) is 0 Å². The third-order valence-electron chi connectivity index (χ3n) is 1.96. The average Bonchev–Trinajstić information content (AvgIpc) is 2.33. The van der Waals surface area contributed by atoms with E-state index in [1.165, 1.54) is 21.3 Å². The highest BCUT2D eigenvalue weighted by Gasteiger charge is 2.22. The minimum absolute atomic E-state index is 0.0174. The second-order valence-corrected chi connectivity index (χ2v) is 3.19. The fraction of sp³-hybridized carbons (Fsp3) is 0.700. The first-order valence-electron chi connectivity index (χ1n) is 4.98. The number of hydrogen-bond donors (Lipinski definition) is 1. The largest absolute Gasteiger partial charge is 0.469 e. The van der Waals surface area contributed by atoms with Crippen molar-refractivity contribution in [2.75, 3.05) is 27.9 Å². The van der Waals surface area contributed by atoms with Gasteiger partial charge in [-0.05, 0) is 6.42 Å². The Morgan fingerprint density at radius 3 is 2.24 bits per heavy atom. The van der Waals surface area contributed by atoms with E-state index in [4.69, 9.17) is 0 Å². The summed E-state index contributed by atoms with van der Waals surface area (Å²) in [5, 5.41) is 2.40. The minimum atomic E-state index is -0.873. The van der Waals surface area contributed by atoms with Crippen molar-refractivity contribution < 1.29 is 28.6 Å². The molecule has 7 heteroatoms. The smallest absolute Gasteiger partial charge is 0.328 e. The van der Waals surface area contributed by atoms with E-state index in [-0.39, 0.29) is 19.4 Å². The Bertz CT molecular complexity index is 278. The number of carbonyl (C=O) groups is 3. The quantitative estimate of drug-likeness (QED) is 0.595. The van der Waals surface area contributed by atoms with Crippen molar-refractivity contribution >= 4 is 17.8 Å². The number of esters is 2. The van der Waals surface area contributed by atoms with Crippen molar-refractivity contribution in [1.29, 1.82) is 0 Å². The summed E-state index contributed by atoms with van der Waals surface area (Å²) >= 11 is 0. The van der Waals surface area contributed by atoms with Crippen LogP contribution in [-0.2, 0) is 28.6 Å². The standard InChI is InChI=1S/C10H17NO6/c1-15-6-8(12)11-7(10(14)17-3)4-5-9(13)16-2/h7H,4-6H2,1-3H3,(H,11,12)/t7-/m0/s1. The van der Waals surface area contributed by atoms with E-state index >= 15 is 0 Å². The van der Waals surface area contributed by atoms with Gasteiger partial charge >= 0.3 is 11.9 Å². The molecule has 0 saturated carbocycles. The minimum Gasteiger partial charge on any atom is -0.469 e. The Hall–Kier alpha value is -1.63. The van der Waals surface area contributed by atoms with Crippen LogP contribution in [0.5, 0.6) is 0 Å². The molecule has 17 heavy (non-hydrogen) atoms. The molecule has 0 aliphatic heterocycles. The van der Waals surface area contributed by atoms with Crippen molar-refractivity contribution in [3.05, 3.63) is 0 Å². The van der Waals surface area contributed by atoms with E-state index in [0.717, 1.165) is 0 Å². The van der Waals surface area contributed by atoms with Gasteiger partial charge in [0.15, 0.2) is 0 Å². The molecule has 0 bridgehead atoms. The molecule has 1 amide bonds. The lowest BCUT2D eigenvalue weighted by molar-refractivity contribution is -0.146. The molecule has 0 aromatic carbocycles. The maximum Gasteiger partial charge on any atom is 0.328 e. The molecule has 0 spiro atoms. The van der Waals surface area contributed by atoms with E-state index in [9.17, 15) is 14.4 Å². The highest BCUT2D eigenvalue weighted by Crippen LogP contribution is 2.01. The summed E-state index contributed by atoms with van der Waals surface area (Å²) in [6.45, 7) is -0.161. The van der Waals surface area contributed by atoms with Crippen LogP contribution in [-0.4, -0.2) is 51.8 Å². The zero-order valence-corrected chi connectivity index (χ0v) is 10.1. The second-order valence-electron chi connectivity index (χ2n) is 3.19. The van der Waals surface area contributed by atoms with E-state index in [0.29, 0.717) is 0 Å². The summed E-state index contributed by atoms with van der Waals surface area (Å²) in [7, 11) is 3.82. The molecule has 0 aliphatic rings. The lowest BCUT2D eigenvalue weighted by atomic mass is 10.1. The third kappa shape index (κ3) is 6.52. The van der Waals surface area contributed by atoms with Crippen molar-refractivity contribution in [2.45, 2.75) is 18.9 Å². The third-order valence-corrected chi connectivity index (χ3v) is 1.96. The average molecular weight is 247 g/mol. The molecule has 0 rings (SSSR count). The predicted molar refractivity (Wildman–Crippen MR) is 57.1 cm³/mol. The van der Waals surface area contributed by atoms with Crippen molar-refractivity contribution in [3.63, 3.8) is 0 Å².